The minimum absolute atomic E-state index is 0.149. The Hall–Kier alpha value is -1.53. The van der Waals surface area contributed by atoms with Crippen LogP contribution in [0.5, 0.6) is 0 Å². The van der Waals surface area contributed by atoms with Crippen molar-refractivity contribution < 1.29 is 0 Å². The Bertz CT molecular complexity index is 485. The number of rotatable bonds is 1. The van der Waals surface area contributed by atoms with Gasteiger partial charge in [-0.25, -0.2) is 0 Å². The van der Waals surface area contributed by atoms with Crippen LogP contribution in [0.1, 0.15) is 25.0 Å². The van der Waals surface area contributed by atoms with Crippen molar-refractivity contribution >= 4 is 5.69 Å². The van der Waals surface area contributed by atoms with Crippen molar-refractivity contribution in [1.82, 2.24) is 4.90 Å². The number of hydrogen-bond acceptors (Lipinski definition) is 3. The third kappa shape index (κ3) is 2.34. The molecule has 3 heteroatoms. The van der Waals surface area contributed by atoms with Gasteiger partial charge < -0.3 is 4.90 Å². The van der Waals surface area contributed by atoms with Crippen LogP contribution >= 0.6 is 0 Å². The van der Waals surface area contributed by atoms with Gasteiger partial charge in [0, 0.05) is 25.2 Å². The molecule has 0 aliphatic carbocycles. The van der Waals surface area contributed by atoms with Gasteiger partial charge in [-0.05, 0) is 45.5 Å². The molecule has 1 aromatic rings. The first-order chi connectivity index (χ1) is 8.44. The fourth-order valence-electron chi connectivity index (χ4n) is 2.46. The summed E-state index contributed by atoms with van der Waals surface area (Å²) in [5.74, 6) is 0. The standard InChI is InChI=1S/C15H21N3/c1-12-5-6-14(13(9-12)10-16)18-8-7-17(4)15(2,3)11-18/h5-6,9H,7-8,11H2,1-4H3. The van der Waals surface area contributed by atoms with E-state index in [9.17, 15) is 5.26 Å². The summed E-state index contributed by atoms with van der Waals surface area (Å²) in [7, 11) is 2.16. The maximum atomic E-state index is 9.27. The van der Waals surface area contributed by atoms with Crippen LogP contribution in [0.25, 0.3) is 0 Å². The second-order valence-electron chi connectivity index (χ2n) is 5.79. The molecular weight excluding hydrogens is 222 g/mol. The van der Waals surface area contributed by atoms with Crippen LogP contribution in [0.3, 0.4) is 0 Å². The number of hydrogen-bond donors (Lipinski definition) is 0. The molecule has 0 bridgehead atoms. The molecule has 0 saturated carbocycles. The van der Waals surface area contributed by atoms with E-state index in [-0.39, 0.29) is 5.54 Å². The van der Waals surface area contributed by atoms with Crippen LogP contribution in [-0.2, 0) is 0 Å². The summed E-state index contributed by atoms with van der Waals surface area (Å²) < 4.78 is 0. The molecule has 1 aromatic carbocycles. The van der Waals surface area contributed by atoms with Crippen molar-refractivity contribution in [2.75, 3.05) is 31.6 Å². The first-order valence-corrected chi connectivity index (χ1v) is 6.41. The number of aryl methyl sites for hydroxylation is 1. The van der Waals surface area contributed by atoms with Gasteiger partial charge in [-0.2, -0.15) is 5.26 Å². The second-order valence-corrected chi connectivity index (χ2v) is 5.79. The maximum absolute atomic E-state index is 9.27. The molecule has 0 N–H and O–H groups in total. The fraction of sp³-hybridized carbons (Fsp3) is 0.533. The van der Waals surface area contributed by atoms with Gasteiger partial charge in [-0.3, -0.25) is 4.90 Å². The molecule has 1 fully saturated rings. The lowest BCUT2D eigenvalue weighted by molar-refractivity contribution is 0.139. The Morgan fingerprint density at radius 2 is 2.00 bits per heavy atom. The Balaban J connectivity index is 2.31. The van der Waals surface area contributed by atoms with Crippen LogP contribution in [-0.4, -0.2) is 37.1 Å². The van der Waals surface area contributed by atoms with Gasteiger partial charge in [0.2, 0.25) is 0 Å². The molecule has 96 valence electrons. The molecule has 2 rings (SSSR count). The molecular formula is C15H21N3. The van der Waals surface area contributed by atoms with Gasteiger partial charge in [-0.1, -0.05) is 6.07 Å². The molecule has 0 amide bonds. The van der Waals surface area contributed by atoms with E-state index >= 15 is 0 Å². The van der Waals surface area contributed by atoms with Gasteiger partial charge in [0.05, 0.1) is 11.3 Å². The average molecular weight is 243 g/mol. The summed E-state index contributed by atoms with van der Waals surface area (Å²) in [5, 5.41) is 9.27. The van der Waals surface area contributed by atoms with E-state index in [0.717, 1.165) is 36.4 Å². The topological polar surface area (TPSA) is 30.3 Å². The monoisotopic (exact) mass is 243 g/mol. The van der Waals surface area contributed by atoms with Crippen LogP contribution in [0.2, 0.25) is 0 Å². The molecule has 0 atom stereocenters. The number of nitrogens with zero attached hydrogens (tertiary/aromatic N) is 3. The maximum Gasteiger partial charge on any atom is 0.101 e. The fourth-order valence-corrected chi connectivity index (χ4v) is 2.46. The highest BCUT2D eigenvalue weighted by Crippen LogP contribution is 2.27. The highest BCUT2D eigenvalue weighted by atomic mass is 15.3. The van der Waals surface area contributed by atoms with E-state index in [1.807, 2.05) is 13.0 Å². The molecule has 0 unspecified atom stereocenters. The molecule has 0 radical (unpaired) electrons. The summed E-state index contributed by atoms with van der Waals surface area (Å²) in [4.78, 5) is 4.71. The minimum Gasteiger partial charge on any atom is -0.367 e. The zero-order valence-corrected chi connectivity index (χ0v) is 11.7. The number of nitriles is 1. The summed E-state index contributed by atoms with van der Waals surface area (Å²) >= 11 is 0. The Morgan fingerprint density at radius 3 is 2.61 bits per heavy atom. The summed E-state index contributed by atoms with van der Waals surface area (Å²) in [5.41, 5.74) is 3.15. The molecule has 3 nitrogen and oxygen atoms in total. The molecule has 1 aliphatic heterocycles. The van der Waals surface area contributed by atoms with E-state index < -0.39 is 0 Å². The van der Waals surface area contributed by atoms with Crippen LogP contribution in [0, 0.1) is 18.3 Å². The van der Waals surface area contributed by atoms with E-state index in [1.54, 1.807) is 0 Å². The van der Waals surface area contributed by atoms with Gasteiger partial charge >= 0.3 is 0 Å². The quantitative estimate of drug-likeness (QED) is 0.758. The predicted octanol–water partition coefficient (Wildman–Crippen LogP) is 2.40. The lowest BCUT2D eigenvalue weighted by Gasteiger charge is -2.46. The molecule has 0 aromatic heterocycles. The van der Waals surface area contributed by atoms with Crippen molar-refractivity contribution in [1.29, 1.82) is 5.26 Å². The molecule has 18 heavy (non-hydrogen) atoms. The van der Waals surface area contributed by atoms with Crippen molar-refractivity contribution in [2.45, 2.75) is 26.3 Å². The average Bonchev–Trinajstić information content (AvgIpc) is 2.32. The zero-order chi connectivity index (χ0) is 13.3. The van der Waals surface area contributed by atoms with Crippen LogP contribution in [0.15, 0.2) is 18.2 Å². The molecule has 1 heterocycles. The summed E-state index contributed by atoms with van der Waals surface area (Å²) in [6, 6.07) is 8.45. The molecule has 1 aliphatic rings. The highest BCUT2D eigenvalue weighted by Gasteiger charge is 2.31. The highest BCUT2D eigenvalue weighted by molar-refractivity contribution is 5.61. The third-order valence-corrected chi connectivity index (χ3v) is 3.93. The van der Waals surface area contributed by atoms with E-state index in [2.05, 4.69) is 48.9 Å². The van der Waals surface area contributed by atoms with Gasteiger partial charge in [0.15, 0.2) is 0 Å². The lowest BCUT2D eigenvalue weighted by atomic mass is 9.98. The van der Waals surface area contributed by atoms with Crippen molar-refractivity contribution in [3.63, 3.8) is 0 Å². The van der Waals surface area contributed by atoms with Crippen molar-refractivity contribution in [3.8, 4) is 6.07 Å². The number of benzene rings is 1. The van der Waals surface area contributed by atoms with E-state index in [1.165, 1.54) is 0 Å². The SMILES string of the molecule is Cc1ccc(N2CCN(C)C(C)(C)C2)c(C#N)c1. The smallest absolute Gasteiger partial charge is 0.101 e. The van der Waals surface area contributed by atoms with Crippen LogP contribution < -0.4 is 4.90 Å². The summed E-state index contributed by atoms with van der Waals surface area (Å²) in [6.07, 6.45) is 0. The normalized spacial score (nSPS) is 19.6. The Morgan fingerprint density at radius 1 is 1.28 bits per heavy atom. The minimum atomic E-state index is 0.149. The largest absolute Gasteiger partial charge is 0.367 e. The third-order valence-electron chi connectivity index (χ3n) is 3.93. The molecule has 1 saturated heterocycles. The Labute approximate surface area is 110 Å². The molecule has 0 spiro atoms. The predicted molar refractivity (Wildman–Crippen MR) is 74.8 cm³/mol. The van der Waals surface area contributed by atoms with E-state index in [0.29, 0.717) is 0 Å². The first-order valence-electron chi connectivity index (χ1n) is 6.41. The van der Waals surface area contributed by atoms with Crippen LogP contribution in [0.4, 0.5) is 5.69 Å². The number of likely N-dealkylation sites (N-methyl/N-ethyl adjacent to an activating group) is 1. The summed E-state index contributed by atoms with van der Waals surface area (Å²) in [6.45, 7) is 9.50. The van der Waals surface area contributed by atoms with Gasteiger partial charge in [0.25, 0.3) is 0 Å². The lowest BCUT2D eigenvalue weighted by Crippen LogP contribution is -2.57. The number of anilines is 1. The van der Waals surface area contributed by atoms with Crippen molar-refractivity contribution in [2.24, 2.45) is 0 Å². The zero-order valence-electron chi connectivity index (χ0n) is 11.7. The van der Waals surface area contributed by atoms with Gasteiger partial charge in [-0.15, -0.1) is 0 Å². The van der Waals surface area contributed by atoms with E-state index in [4.69, 9.17) is 0 Å². The first kappa shape index (κ1) is 12.9. The van der Waals surface area contributed by atoms with Gasteiger partial charge in [0.1, 0.15) is 6.07 Å². The second kappa shape index (κ2) is 4.62. The number of piperazine rings is 1. The van der Waals surface area contributed by atoms with Crippen molar-refractivity contribution in [3.05, 3.63) is 29.3 Å². The Kier molecular flexibility index (Phi) is 3.32.